The zero-order valence-electron chi connectivity index (χ0n) is 13.3. The van der Waals surface area contributed by atoms with Gasteiger partial charge in [-0.25, -0.2) is 0 Å². The van der Waals surface area contributed by atoms with Crippen LogP contribution in [0.15, 0.2) is 12.1 Å². The zero-order chi connectivity index (χ0) is 14.9. The molecule has 0 atom stereocenters. The van der Waals surface area contributed by atoms with Crippen molar-refractivity contribution in [3.05, 3.63) is 18.0 Å². The van der Waals surface area contributed by atoms with Crippen molar-refractivity contribution in [1.29, 1.82) is 0 Å². The van der Waals surface area contributed by atoms with E-state index in [1.165, 1.54) is 32.1 Å². The average molecular weight is 287 g/mol. The van der Waals surface area contributed by atoms with E-state index in [1.807, 2.05) is 16.6 Å². The first-order valence-electron chi connectivity index (χ1n) is 7.99. The van der Waals surface area contributed by atoms with E-state index in [0.717, 1.165) is 23.8 Å². The van der Waals surface area contributed by atoms with Gasteiger partial charge < -0.3 is 5.32 Å². The van der Waals surface area contributed by atoms with Crippen molar-refractivity contribution < 1.29 is 0 Å². The number of anilines is 1. The Kier molecular flexibility index (Phi) is 3.83. The lowest BCUT2D eigenvalue weighted by Crippen LogP contribution is -2.09. The second-order valence-electron chi connectivity index (χ2n) is 7.27. The summed E-state index contributed by atoms with van der Waals surface area (Å²) >= 11 is 0. The van der Waals surface area contributed by atoms with Gasteiger partial charge in [-0.1, -0.05) is 27.2 Å². The van der Waals surface area contributed by atoms with Crippen LogP contribution in [0, 0.1) is 5.41 Å². The summed E-state index contributed by atoms with van der Waals surface area (Å²) in [6, 6.07) is 3.98. The number of rotatable bonds is 6. The van der Waals surface area contributed by atoms with Crippen LogP contribution in [0.1, 0.15) is 64.6 Å². The Morgan fingerprint density at radius 3 is 2.71 bits per heavy atom. The number of unbranched alkanes of at least 4 members (excludes halogenated alkanes) is 1. The van der Waals surface area contributed by atoms with Crippen LogP contribution in [0.4, 0.5) is 5.82 Å². The quantitative estimate of drug-likeness (QED) is 0.824. The van der Waals surface area contributed by atoms with Crippen LogP contribution >= 0.6 is 0 Å². The molecule has 3 rings (SSSR count). The minimum atomic E-state index is 0.429. The van der Waals surface area contributed by atoms with Gasteiger partial charge in [-0.2, -0.15) is 4.52 Å². The highest BCUT2D eigenvalue weighted by molar-refractivity contribution is 5.44. The van der Waals surface area contributed by atoms with Crippen LogP contribution in [0.25, 0.3) is 5.65 Å². The summed E-state index contributed by atoms with van der Waals surface area (Å²) in [4.78, 5) is 0. The van der Waals surface area contributed by atoms with E-state index in [4.69, 9.17) is 0 Å². The monoisotopic (exact) mass is 287 g/mol. The summed E-state index contributed by atoms with van der Waals surface area (Å²) in [5.74, 6) is 2.50. The minimum absolute atomic E-state index is 0.429. The van der Waals surface area contributed by atoms with Gasteiger partial charge in [0, 0.05) is 12.5 Å². The van der Waals surface area contributed by atoms with Gasteiger partial charge in [-0.3, -0.25) is 0 Å². The molecule has 0 radical (unpaired) electrons. The largest absolute Gasteiger partial charge is 0.369 e. The topological polar surface area (TPSA) is 55.1 Å². The molecule has 0 spiro atoms. The van der Waals surface area contributed by atoms with Crippen LogP contribution in [0.2, 0.25) is 0 Å². The average Bonchev–Trinajstić information content (AvgIpc) is 3.17. The Morgan fingerprint density at radius 2 is 2.00 bits per heavy atom. The molecule has 1 aliphatic rings. The molecule has 2 heterocycles. The molecule has 1 aliphatic carbocycles. The molecule has 5 nitrogen and oxygen atoms in total. The van der Waals surface area contributed by atoms with Gasteiger partial charge in [0.05, 0.1) is 0 Å². The normalized spacial score (nSPS) is 15.6. The Morgan fingerprint density at radius 1 is 1.19 bits per heavy atom. The minimum Gasteiger partial charge on any atom is -0.369 e. The van der Waals surface area contributed by atoms with Crippen molar-refractivity contribution in [2.75, 3.05) is 11.9 Å². The standard InChI is InChI=1S/C16H25N5/c1-16(2,3)10-4-5-11-17-13-8-9-14-18-19-15(12-6-7-12)21(14)20-13/h8-9,12H,4-7,10-11H2,1-3H3,(H,17,20). The lowest BCUT2D eigenvalue weighted by Gasteiger charge is -2.17. The molecule has 21 heavy (non-hydrogen) atoms. The molecule has 1 N–H and O–H groups in total. The van der Waals surface area contributed by atoms with Crippen LogP contribution in [-0.4, -0.2) is 26.4 Å². The molecule has 2 aromatic rings. The molecule has 0 aromatic carbocycles. The molecule has 2 aromatic heterocycles. The smallest absolute Gasteiger partial charge is 0.178 e. The van der Waals surface area contributed by atoms with Gasteiger partial charge in [-0.15, -0.1) is 15.3 Å². The van der Waals surface area contributed by atoms with Gasteiger partial charge >= 0.3 is 0 Å². The van der Waals surface area contributed by atoms with Gasteiger partial charge in [0.25, 0.3) is 0 Å². The van der Waals surface area contributed by atoms with E-state index in [2.05, 4.69) is 41.4 Å². The third kappa shape index (κ3) is 3.71. The van der Waals surface area contributed by atoms with E-state index < -0.39 is 0 Å². The first-order chi connectivity index (χ1) is 10.0. The van der Waals surface area contributed by atoms with Crippen LogP contribution in [0.3, 0.4) is 0 Å². The second-order valence-corrected chi connectivity index (χ2v) is 7.27. The van der Waals surface area contributed by atoms with E-state index in [0.29, 0.717) is 11.3 Å². The predicted octanol–water partition coefficient (Wildman–Crippen LogP) is 3.63. The first kappa shape index (κ1) is 14.3. The SMILES string of the molecule is CC(C)(C)CCCCNc1ccc2nnc(C3CC3)n2n1. The Hall–Kier alpha value is -1.65. The fourth-order valence-corrected chi connectivity index (χ4v) is 2.49. The lowest BCUT2D eigenvalue weighted by atomic mass is 9.90. The van der Waals surface area contributed by atoms with Crippen molar-refractivity contribution in [3.63, 3.8) is 0 Å². The molecule has 1 saturated carbocycles. The molecule has 0 unspecified atom stereocenters. The Bertz CT molecular complexity index is 607. The fourth-order valence-electron chi connectivity index (χ4n) is 2.49. The van der Waals surface area contributed by atoms with Crippen molar-refractivity contribution in [2.24, 2.45) is 5.41 Å². The molecule has 0 amide bonds. The maximum absolute atomic E-state index is 4.62. The summed E-state index contributed by atoms with van der Waals surface area (Å²) in [6.07, 6.45) is 6.12. The number of nitrogens with zero attached hydrogens (tertiary/aromatic N) is 4. The fraction of sp³-hybridized carbons (Fsp3) is 0.688. The van der Waals surface area contributed by atoms with Crippen molar-refractivity contribution in [3.8, 4) is 0 Å². The van der Waals surface area contributed by atoms with Gasteiger partial charge in [-0.05, 0) is 43.2 Å². The molecule has 0 bridgehead atoms. The van der Waals surface area contributed by atoms with E-state index >= 15 is 0 Å². The van der Waals surface area contributed by atoms with Crippen molar-refractivity contribution in [2.45, 2.75) is 58.8 Å². The summed E-state index contributed by atoms with van der Waals surface area (Å²) in [5, 5.41) is 16.5. The van der Waals surface area contributed by atoms with E-state index in [1.54, 1.807) is 0 Å². The van der Waals surface area contributed by atoms with Gasteiger partial charge in [0.1, 0.15) is 5.82 Å². The first-order valence-corrected chi connectivity index (χ1v) is 7.99. The van der Waals surface area contributed by atoms with Crippen LogP contribution < -0.4 is 5.32 Å². The van der Waals surface area contributed by atoms with Crippen molar-refractivity contribution >= 4 is 11.5 Å². The molecular weight excluding hydrogens is 262 g/mol. The molecule has 0 aliphatic heterocycles. The number of hydrogen-bond acceptors (Lipinski definition) is 4. The van der Waals surface area contributed by atoms with Crippen LogP contribution in [-0.2, 0) is 0 Å². The number of fused-ring (bicyclic) bond motifs is 1. The molecule has 114 valence electrons. The van der Waals surface area contributed by atoms with Gasteiger partial charge in [0.2, 0.25) is 0 Å². The highest BCUT2D eigenvalue weighted by atomic mass is 15.4. The number of aromatic nitrogens is 4. The highest BCUT2D eigenvalue weighted by Crippen LogP contribution is 2.38. The zero-order valence-corrected chi connectivity index (χ0v) is 13.3. The summed E-state index contributed by atoms with van der Waals surface area (Å²) in [7, 11) is 0. The third-order valence-corrected chi connectivity index (χ3v) is 3.89. The van der Waals surface area contributed by atoms with Gasteiger partial charge in [0.15, 0.2) is 11.5 Å². The summed E-state index contributed by atoms with van der Waals surface area (Å²) < 4.78 is 1.90. The molecule has 0 saturated heterocycles. The highest BCUT2D eigenvalue weighted by Gasteiger charge is 2.29. The Labute approximate surface area is 126 Å². The van der Waals surface area contributed by atoms with Crippen molar-refractivity contribution in [1.82, 2.24) is 19.8 Å². The summed E-state index contributed by atoms with van der Waals surface area (Å²) in [5.41, 5.74) is 1.27. The number of hydrogen-bond donors (Lipinski definition) is 1. The second kappa shape index (κ2) is 5.62. The maximum Gasteiger partial charge on any atom is 0.178 e. The lowest BCUT2D eigenvalue weighted by molar-refractivity contribution is 0.362. The maximum atomic E-state index is 4.62. The van der Waals surface area contributed by atoms with Crippen LogP contribution in [0.5, 0.6) is 0 Å². The summed E-state index contributed by atoms with van der Waals surface area (Å²) in [6.45, 7) is 7.85. The van der Waals surface area contributed by atoms with E-state index in [9.17, 15) is 0 Å². The molecule has 1 fully saturated rings. The Balaban J connectivity index is 1.56. The molecular formula is C16H25N5. The number of nitrogens with one attached hydrogen (secondary N) is 1. The molecule has 5 heteroatoms. The van der Waals surface area contributed by atoms with E-state index in [-0.39, 0.29) is 0 Å². The third-order valence-electron chi connectivity index (χ3n) is 3.89. The predicted molar refractivity (Wildman–Crippen MR) is 84.6 cm³/mol.